The fraction of sp³-hybridized carbons (Fsp3) is 0.261. The lowest BCUT2D eigenvalue weighted by molar-refractivity contribution is -0.129. The van der Waals surface area contributed by atoms with Gasteiger partial charge in [-0.25, -0.2) is 0 Å². The molecule has 0 aliphatic carbocycles. The predicted molar refractivity (Wildman–Crippen MR) is 123 cm³/mol. The van der Waals surface area contributed by atoms with E-state index < -0.39 is 0 Å². The van der Waals surface area contributed by atoms with E-state index in [0.29, 0.717) is 44.1 Å². The van der Waals surface area contributed by atoms with Crippen molar-refractivity contribution < 1.29 is 4.79 Å². The molecule has 1 aliphatic heterocycles. The Hall–Kier alpha value is -3.32. The third-order valence-electron chi connectivity index (χ3n) is 5.44. The maximum Gasteiger partial charge on any atom is 0.292 e. The van der Waals surface area contributed by atoms with Gasteiger partial charge in [0.15, 0.2) is 0 Å². The third kappa shape index (κ3) is 4.56. The summed E-state index contributed by atoms with van der Waals surface area (Å²) in [5.41, 5.74) is 1.92. The van der Waals surface area contributed by atoms with Gasteiger partial charge in [-0.1, -0.05) is 48.0 Å². The topological polar surface area (TPSA) is 61.7 Å². The Balaban J connectivity index is 1.40. The van der Waals surface area contributed by atoms with Gasteiger partial charge in [-0.15, -0.1) is 0 Å². The zero-order valence-corrected chi connectivity index (χ0v) is 18.1. The van der Waals surface area contributed by atoms with Gasteiger partial charge in [-0.3, -0.25) is 9.59 Å². The molecule has 0 unspecified atom stereocenters. The van der Waals surface area contributed by atoms with Gasteiger partial charge in [0, 0.05) is 38.9 Å². The minimum absolute atomic E-state index is 0.0784. The molecular formula is C23H24ClN5O2. The van der Waals surface area contributed by atoms with Crippen LogP contribution in [0.5, 0.6) is 0 Å². The molecule has 7 nitrogen and oxygen atoms in total. The van der Waals surface area contributed by atoms with Gasteiger partial charge >= 0.3 is 0 Å². The number of likely N-dealkylation sites (N-methyl/N-ethyl adjacent to an activating group) is 1. The van der Waals surface area contributed by atoms with Gasteiger partial charge in [-0.2, -0.15) is 9.78 Å². The van der Waals surface area contributed by atoms with Crippen LogP contribution in [0, 0.1) is 0 Å². The highest BCUT2D eigenvalue weighted by Gasteiger charge is 2.24. The molecule has 1 saturated heterocycles. The molecule has 1 fully saturated rings. The molecule has 31 heavy (non-hydrogen) atoms. The first-order chi connectivity index (χ1) is 15.0. The summed E-state index contributed by atoms with van der Waals surface area (Å²) < 4.78 is 1.30. The predicted octanol–water partition coefficient (Wildman–Crippen LogP) is 2.67. The molecule has 0 atom stereocenters. The molecule has 1 aromatic heterocycles. The molecule has 1 aliphatic rings. The number of piperazine rings is 1. The lowest BCUT2D eigenvalue weighted by Crippen LogP contribution is -2.51. The van der Waals surface area contributed by atoms with Crippen LogP contribution in [0.4, 0.5) is 11.4 Å². The van der Waals surface area contributed by atoms with Crippen molar-refractivity contribution in [1.29, 1.82) is 0 Å². The first-order valence-electron chi connectivity index (χ1n) is 10.2. The number of halogens is 1. The number of benzene rings is 2. The van der Waals surface area contributed by atoms with Gasteiger partial charge < -0.3 is 14.7 Å². The van der Waals surface area contributed by atoms with E-state index in [0.717, 1.165) is 5.69 Å². The Morgan fingerprint density at radius 3 is 2.26 bits per heavy atom. The van der Waals surface area contributed by atoms with Crippen LogP contribution in [0.25, 0.3) is 5.69 Å². The van der Waals surface area contributed by atoms with Crippen molar-refractivity contribution in [3.05, 3.63) is 82.2 Å². The molecule has 2 aromatic carbocycles. The molecule has 0 bridgehead atoms. The molecule has 0 saturated carbocycles. The van der Waals surface area contributed by atoms with Crippen LogP contribution in [0.1, 0.15) is 0 Å². The number of amides is 1. The fourth-order valence-electron chi connectivity index (χ4n) is 3.67. The summed E-state index contributed by atoms with van der Waals surface area (Å²) in [5.74, 6) is 0.0784. The molecule has 0 radical (unpaired) electrons. The van der Waals surface area contributed by atoms with E-state index in [1.54, 1.807) is 18.3 Å². The number of nitrogens with zero attached hydrogens (tertiary/aromatic N) is 5. The lowest BCUT2D eigenvalue weighted by atomic mass is 10.2. The monoisotopic (exact) mass is 437 g/mol. The second-order valence-corrected chi connectivity index (χ2v) is 7.83. The summed E-state index contributed by atoms with van der Waals surface area (Å²) in [6, 6.07) is 19.0. The highest BCUT2D eigenvalue weighted by molar-refractivity contribution is 6.33. The summed E-state index contributed by atoms with van der Waals surface area (Å²) in [6.45, 7) is 2.65. The Morgan fingerprint density at radius 2 is 1.61 bits per heavy atom. The average molecular weight is 438 g/mol. The van der Waals surface area contributed by atoms with Crippen LogP contribution >= 0.6 is 11.6 Å². The Labute approximate surface area is 186 Å². The van der Waals surface area contributed by atoms with Crippen molar-refractivity contribution in [3.63, 3.8) is 0 Å². The largest absolute Gasteiger partial charge is 0.365 e. The number of carbonyl (C=O) groups is 1. The van der Waals surface area contributed by atoms with Crippen LogP contribution < -0.4 is 15.4 Å². The van der Waals surface area contributed by atoms with Crippen LogP contribution in [0.2, 0.25) is 5.02 Å². The first-order valence-corrected chi connectivity index (χ1v) is 10.5. The molecule has 0 spiro atoms. The van der Waals surface area contributed by atoms with Gasteiger partial charge in [-0.05, 0) is 24.3 Å². The minimum atomic E-state index is -0.353. The molecular weight excluding hydrogens is 414 g/mol. The summed E-state index contributed by atoms with van der Waals surface area (Å²) >= 11 is 6.42. The van der Waals surface area contributed by atoms with E-state index in [-0.39, 0.29) is 16.5 Å². The Kier molecular flexibility index (Phi) is 6.23. The summed E-state index contributed by atoms with van der Waals surface area (Å²) in [4.78, 5) is 31.3. The van der Waals surface area contributed by atoms with Gasteiger partial charge in [0.25, 0.3) is 5.56 Å². The van der Waals surface area contributed by atoms with Gasteiger partial charge in [0.1, 0.15) is 5.02 Å². The molecule has 160 valence electrons. The second-order valence-electron chi connectivity index (χ2n) is 7.46. The van der Waals surface area contributed by atoms with Crippen molar-refractivity contribution in [2.24, 2.45) is 0 Å². The maximum atomic E-state index is 12.7. The molecule has 0 N–H and O–H groups in total. The van der Waals surface area contributed by atoms with Gasteiger partial charge in [0.2, 0.25) is 5.91 Å². The Morgan fingerprint density at radius 1 is 1.00 bits per heavy atom. The third-order valence-corrected chi connectivity index (χ3v) is 5.80. The SMILES string of the molecule is CN(CC(=O)N1CCN(c2cnn(-c3ccccc3)c(=O)c2Cl)CC1)c1ccccc1. The van der Waals surface area contributed by atoms with Crippen LogP contribution in [0.15, 0.2) is 71.7 Å². The minimum Gasteiger partial charge on any atom is -0.365 e. The van der Waals surface area contributed by atoms with E-state index in [1.165, 1.54) is 4.68 Å². The second kappa shape index (κ2) is 9.22. The summed E-state index contributed by atoms with van der Waals surface area (Å²) in [5, 5.41) is 4.44. The molecule has 2 heterocycles. The smallest absolute Gasteiger partial charge is 0.292 e. The van der Waals surface area contributed by atoms with Crippen LogP contribution in [-0.4, -0.2) is 60.4 Å². The normalized spacial score (nSPS) is 13.9. The number of anilines is 2. The van der Waals surface area contributed by atoms with Crippen molar-refractivity contribution in [2.45, 2.75) is 0 Å². The highest BCUT2D eigenvalue weighted by Crippen LogP contribution is 2.23. The average Bonchev–Trinajstić information content (AvgIpc) is 2.82. The molecule has 3 aromatic rings. The van der Waals surface area contributed by atoms with Crippen molar-refractivity contribution in [2.75, 3.05) is 49.6 Å². The number of para-hydroxylation sites is 2. The zero-order chi connectivity index (χ0) is 21.8. The summed E-state index contributed by atoms with van der Waals surface area (Å²) in [7, 11) is 1.91. The molecule has 8 heteroatoms. The van der Waals surface area contributed by atoms with Crippen molar-refractivity contribution >= 4 is 28.9 Å². The van der Waals surface area contributed by atoms with E-state index in [4.69, 9.17) is 11.6 Å². The summed E-state index contributed by atoms with van der Waals surface area (Å²) in [6.07, 6.45) is 1.62. The van der Waals surface area contributed by atoms with E-state index in [2.05, 4.69) is 5.10 Å². The van der Waals surface area contributed by atoms with E-state index >= 15 is 0 Å². The zero-order valence-electron chi connectivity index (χ0n) is 17.3. The van der Waals surface area contributed by atoms with E-state index in [1.807, 2.05) is 70.3 Å². The number of hydrogen-bond donors (Lipinski definition) is 0. The van der Waals surface area contributed by atoms with Gasteiger partial charge in [0.05, 0.1) is 24.1 Å². The number of hydrogen-bond acceptors (Lipinski definition) is 5. The van der Waals surface area contributed by atoms with Crippen LogP contribution in [-0.2, 0) is 4.79 Å². The highest BCUT2D eigenvalue weighted by atomic mass is 35.5. The molecule has 4 rings (SSSR count). The number of carbonyl (C=O) groups excluding carboxylic acids is 1. The number of rotatable bonds is 5. The Bertz CT molecular complexity index is 1100. The molecule has 1 amide bonds. The lowest BCUT2D eigenvalue weighted by Gasteiger charge is -2.37. The number of aromatic nitrogens is 2. The quantitative estimate of drug-likeness (QED) is 0.614. The van der Waals surface area contributed by atoms with Crippen molar-refractivity contribution in [1.82, 2.24) is 14.7 Å². The first kappa shape index (κ1) is 20.9. The fourth-order valence-corrected chi connectivity index (χ4v) is 3.92. The van der Waals surface area contributed by atoms with Crippen molar-refractivity contribution in [3.8, 4) is 5.69 Å². The standard InChI is InChI=1S/C23H24ClN5O2/c1-26(18-8-4-2-5-9-18)17-21(30)28-14-12-27(13-15-28)20-16-25-29(23(31)22(20)24)19-10-6-3-7-11-19/h2-11,16H,12-15,17H2,1H3. The van der Waals surface area contributed by atoms with E-state index in [9.17, 15) is 9.59 Å². The van der Waals surface area contributed by atoms with Crippen LogP contribution in [0.3, 0.4) is 0 Å². The maximum absolute atomic E-state index is 12.7.